The van der Waals surface area contributed by atoms with Crippen LogP contribution in [0.4, 0.5) is 5.69 Å². The number of benzene rings is 1. The van der Waals surface area contributed by atoms with Crippen LogP contribution in [0.1, 0.15) is 36.6 Å². The van der Waals surface area contributed by atoms with Crippen LogP contribution >= 0.6 is 11.6 Å². The molecule has 3 aromatic rings. The molecule has 5 rings (SSSR count). The number of rotatable bonds is 6. The van der Waals surface area contributed by atoms with Crippen LogP contribution in [0.5, 0.6) is 0 Å². The summed E-state index contributed by atoms with van der Waals surface area (Å²) < 4.78 is 8.05. The van der Waals surface area contributed by atoms with Crippen molar-refractivity contribution in [2.75, 3.05) is 18.5 Å². The molecule has 2 aliphatic heterocycles. The Bertz CT molecular complexity index is 1060. The minimum Gasteiger partial charge on any atom is -0.372 e. The summed E-state index contributed by atoms with van der Waals surface area (Å²) in [5, 5.41) is 29.0. The van der Waals surface area contributed by atoms with E-state index in [4.69, 9.17) is 16.3 Å². The van der Waals surface area contributed by atoms with Crippen LogP contribution < -0.4 is 5.32 Å². The van der Waals surface area contributed by atoms with Gasteiger partial charge in [0.2, 0.25) is 0 Å². The van der Waals surface area contributed by atoms with E-state index in [0.29, 0.717) is 19.1 Å². The highest BCUT2D eigenvalue weighted by molar-refractivity contribution is 6.30. The first kappa shape index (κ1) is 21.4. The Labute approximate surface area is 191 Å². The van der Waals surface area contributed by atoms with Crippen molar-refractivity contribution in [3.63, 3.8) is 0 Å². The number of aliphatic hydroxyl groups excluding tert-OH is 1. The fraction of sp³-hybridized carbons (Fsp3) is 0.500. The monoisotopic (exact) mass is 457 g/mol. The minimum atomic E-state index is -0.786. The predicted molar refractivity (Wildman–Crippen MR) is 120 cm³/mol. The number of nitrogens with one attached hydrogen (secondary N) is 2. The Hall–Kier alpha value is -2.46. The molecular weight excluding hydrogens is 430 g/mol. The standard InChI is InChI=1S/C22H28ClN7O2/c1-15-9-22(20-8-17(23)3-2-16(20)4-7-32-22)5-6-29(15)12-19-13-30(28-27-19)14-21(31)26-18-10-24-25-11-18/h2-3,8,10-11,13,15,21,26,31H,4-7,9,12,14H2,1H3,(H,24,25)/t15-,21?,22+/m0/s1. The van der Waals surface area contributed by atoms with E-state index in [1.165, 1.54) is 11.1 Å². The smallest absolute Gasteiger partial charge is 0.144 e. The zero-order chi connectivity index (χ0) is 22.1. The van der Waals surface area contributed by atoms with E-state index in [9.17, 15) is 5.11 Å². The molecule has 0 aliphatic carbocycles. The van der Waals surface area contributed by atoms with E-state index >= 15 is 0 Å². The number of nitrogens with zero attached hydrogens (tertiary/aromatic N) is 5. The van der Waals surface area contributed by atoms with E-state index in [-0.39, 0.29) is 5.60 Å². The Balaban J connectivity index is 1.21. The van der Waals surface area contributed by atoms with Crippen LogP contribution in [0.2, 0.25) is 5.02 Å². The van der Waals surface area contributed by atoms with Gasteiger partial charge in [0.05, 0.1) is 36.3 Å². The number of aromatic nitrogens is 5. The second-order valence-corrected chi connectivity index (χ2v) is 9.18. The number of halogens is 1. The lowest BCUT2D eigenvalue weighted by atomic mass is 9.77. The number of anilines is 1. The van der Waals surface area contributed by atoms with Gasteiger partial charge in [0.1, 0.15) is 6.23 Å². The molecule has 1 unspecified atom stereocenters. The summed E-state index contributed by atoms with van der Waals surface area (Å²) in [5.74, 6) is 0. The van der Waals surface area contributed by atoms with E-state index in [1.807, 2.05) is 12.3 Å². The van der Waals surface area contributed by atoms with Crippen molar-refractivity contribution in [2.24, 2.45) is 0 Å². The molecule has 1 saturated heterocycles. The number of hydrogen-bond acceptors (Lipinski definition) is 7. The predicted octanol–water partition coefficient (Wildman–Crippen LogP) is 2.54. The Morgan fingerprint density at radius 1 is 1.44 bits per heavy atom. The normalized spacial score (nSPS) is 24.4. The number of likely N-dealkylation sites (tertiary alicyclic amines) is 1. The third-order valence-corrected chi connectivity index (χ3v) is 6.74. The molecule has 32 heavy (non-hydrogen) atoms. The summed E-state index contributed by atoms with van der Waals surface area (Å²) in [4.78, 5) is 2.42. The van der Waals surface area contributed by atoms with Crippen LogP contribution in [0.15, 0.2) is 36.8 Å². The summed E-state index contributed by atoms with van der Waals surface area (Å²) in [5.41, 5.74) is 3.96. The third kappa shape index (κ3) is 4.38. The molecule has 2 aromatic heterocycles. The van der Waals surface area contributed by atoms with Crippen LogP contribution in [0.25, 0.3) is 0 Å². The largest absolute Gasteiger partial charge is 0.372 e. The molecule has 1 fully saturated rings. The second-order valence-electron chi connectivity index (χ2n) is 8.75. The molecule has 1 aromatic carbocycles. The Morgan fingerprint density at radius 3 is 3.16 bits per heavy atom. The molecule has 170 valence electrons. The van der Waals surface area contributed by atoms with E-state index in [1.54, 1.807) is 17.1 Å². The number of aliphatic hydroxyl groups is 1. The second kappa shape index (κ2) is 8.82. The summed E-state index contributed by atoms with van der Waals surface area (Å²) in [6.45, 7) is 4.91. The highest BCUT2D eigenvalue weighted by atomic mass is 35.5. The molecule has 3 atom stereocenters. The maximum atomic E-state index is 10.2. The number of piperidine rings is 1. The molecule has 0 radical (unpaired) electrons. The lowest BCUT2D eigenvalue weighted by molar-refractivity contribution is -0.113. The van der Waals surface area contributed by atoms with Crippen molar-refractivity contribution < 1.29 is 9.84 Å². The fourth-order valence-corrected chi connectivity index (χ4v) is 5.11. The SMILES string of the molecule is C[C@H]1C[C@@]2(CCN1Cc1cn(CC(O)Nc3cn[nH]c3)nn1)OCCc1ccc(Cl)cc12. The molecule has 0 bridgehead atoms. The maximum Gasteiger partial charge on any atom is 0.144 e. The van der Waals surface area contributed by atoms with Gasteiger partial charge in [-0.2, -0.15) is 5.10 Å². The Kier molecular flexibility index (Phi) is 5.90. The van der Waals surface area contributed by atoms with Gasteiger partial charge in [0.15, 0.2) is 0 Å². The van der Waals surface area contributed by atoms with E-state index < -0.39 is 6.23 Å². The first-order chi connectivity index (χ1) is 15.5. The van der Waals surface area contributed by atoms with Gasteiger partial charge < -0.3 is 15.2 Å². The minimum absolute atomic E-state index is 0.255. The summed E-state index contributed by atoms with van der Waals surface area (Å²) in [7, 11) is 0. The zero-order valence-corrected chi connectivity index (χ0v) is 18.8. The molecular formula is C22H28ClN7O2. The highest BCUT2D eigenvalue weighted by Crippen LogP contribution is 2.44. The van der Waals surface area contributed by atoms with Crippen molar-refractivity contribution >= 4 is 17.3 Å². The Morgan fingerprint density at radius 2 is 2.34 bits per heavy atom. The van der Waals surface area contributed by atoms with Gasteiger partial charge in [0.25, 0.3) is 0 Å². The first-order valence-corrected chi connectivity index (χ1v) is 11.4. The van der Waals surface area contributed by atoms with Gasteiger partial charge in [-0.25, -0.2) is 4.68 Å². The number of H-pyrrole nitrogens is 1. The number of aromatic amines is 1. The molecule has 4 heterocycles. The van der Waals surface area contributed by atoms with Crippen molar-refractivity contribution in [1.82, 2.24) is 30.1 Å². The fourth-order valence-electron chi connectivity index (χ4n) is 4.94. The quantitative estimate of drug-likeness (QED) is 0.488. The van der Waals surface area contributed by atoms with Crippen LogP contribution in [0, 0.1) is 0 Å². The lowest BCUT2D eigenvalue weighted by Crippen LogP contribution is -2.50. The topological polar surface area (TPSA) is 104 Å². The van der Waals surface area contributed by atoms with Gasteiger partial charge in [0, 0.05) is 36.5 Å². The number of hydrogen-bond donors (Lipinski definition) is 3. The van der Waals surface area contributed by atoms with Gasteiger partial charge >= 0.3 is 0 Å². The van der Waals surface area contributed by atoms with Crippen LogP contribution in [0.3, 0.4) is 0 Å². The van der Waals surface area contributed by atoms with Gasteiger partial charge in [-0.3, -0.25) is 10.00 Å². The molecule has 0 amide bonds. The van der Waals surface area contributed by atoms with Gasteiger partial charge in [-0.15, -0.1) is 5.10 Å². The number of fused-ring (bicyclic) bond motifs is 2. The molecule has 1 spiro atoms. The summed E-state index contributed by atoms with van der Waals surface area (Å²) >= 11 is 6.32. The number of ether oxygens (including phenoxy) is 1. The molecule has 10 heteroatoms. The van der Waals surface area contributed by atoms with E-state index in [0.717, 1.165) is 48.8 Å². The molecule has 2 aliphatic rings. The first-order valence-electron chi connectivity index (χ1n) is 11.0. The van der Waals surface area contributed by atoms with E-state index in [2.05, 4.69) is 49.8 Å². The van der Waals surface area contributed by atoms with Crippen molar-refractivity contribution in [1.29, 1.82) is 0 Å². The summed E-state index contributed by atoms with van der Waals surface area (Å²) in [6, 6.07) is 6.54. The summed E-state index contributed by atoms with van der Waals surface area (Å²) in [6.07, 6.45) is 7.19. The van der Waals surface area contributed by atoms with Crippen LogP contribution in [-0.4, -0.2) is 60.6 Å². The third-order valence-electron chi connectivity index (χ3n) is 6.51. The average Bonchev–Trinajstić information content (AvgIpc) is 3.43. The molecule has 3 N–H and O–H groups in total. The maximum absolute atomic E-state index is 10.2. The molecule has 0 saturated carbocycles. The highest BCUT2D eigenvalue weighted by Gasteiger charge is 2.43. The van der Waals surface area contributed by atoms with Gasteiger partial charge in [-0.05, 0) is 49.4 Å². The van der Waals surface area contributed by atoms with Crippen molar-refractivity contribution in [3.8, 4) is 0 Å². The van der Waals surface area contributed by atoms with Crippen LogP contribution in [-0.2, 0) is 29.8 Å². The lowest BCUT2D eigenvalue weighted by Gasteiger charge is -2.48. The van der Waals surface area contributed by atoms with Crippen molar-refractivity contribution in [2.45, 2.75) is 57.1 Å². The zero-order valence-electron chi connectivity index (χ0n) is 18.0. The molecule has 9 nitrogen and oxygen atoms in total. The van der Waals surface area contributed by atoms with Crippen molar-refractivity contribution in [3.05, 3.63) is 58.6 Å². The average molecular weight is 458 g/mol. The van der Waals surface area contributed by atoms with Gasteiger partial charge in [-0.1, -0.05) is 22.9 Å².